The van der Waals surface area contributed by atoms with Crippen LogP contribution >= 0.6 is 0 Å². The maximum absolute atomic E-state index is 13.7. The van der Waals surface area contributed by atoms with Crippen LogP contribution in [0.25, 0.3) is 0 Å². The van der Waals surface area contributed by atoms with Crippen molar-refractivity contribution in [3.63, 3.8) is 0 Å². The zero-order chi connectivity index (χ0) is 32.7. The van der Waals surface area contributed by atoms with Crippen LogP contribution in [0.4, 0.5) is 4.79 Å². The number of hydrogen-bond acceptors (Lipinski definition) is 12. The highest BCUT2D eigenvalue weighted by Gasteiger charge is 2.44. The molecule has 254 valence electrons. The molecule has 5 rings (SSSR count). The van der Waals surface area contributed by atoms with E-state index in [1.165, 1.54) is 12.1 Å². The molecule has 14 heteroatoms. The molecular formula is C32H45N3O10S. The zero-order valence-electron chi connectivity index (χ0n) is 26.3. The van der Waals surface area contributed by atoms with Crippen molar-refractivity contribution < 1.29 is 46.7 Å². The lowest BCUT2D eigenvalue weighted by molar-refractivity contribution is -0.0907. The van der Waals surface area contributed by atoms with Crippen LogP contribution in [-0.2, 0) is 30.5 Å². The molecule has 2 saturated heterocycles. The molecule has 13 nitrogen and oxygen atoms in total. The standard InChI is InChI=1S/C32H45N3O10S/c1-20(2)30(46(38,39)23-9-10-27-28(16-23)44-19-43-27)34-17-26(36)25(15-21-5-7-22(8-6-21)40-13-4-3-12-33)35-32(37)45-29-18-42-31-24(29)11-14-41-31/h5-10,16,20,24-26,29-31,34,36H,3-4,11-15,17-19,33H2,1-2H3,(H,35,37)/t24-,25-,26+,29-,30?,31+/m0/s1. The van der Waals surface area contributed by atoms with Crippen molar-refractivity contribution in [2.45, 2.75) is 74.3 Å². The van der Waals surface area contributed by atoms with Gasteiger partial charge in [0, 0.05) is 12.6 Å². The summed E-state index contributed by atoms with van der Waals surface area (Å²) in [7, 11) is -3.88. The minimum atomic E-state index is -3.88. The number of nitrogens with two attached hydrogens (primary N) is 1. The van der Waals surface area contributed by atoms with Gasteiger partial charge in [0.05, 0.1) is 42.8 Å². The van der Waals surface area contributed by atoms with Gasteiger partial charge in [-0.15, -0.1) is 0 Å². The maximum atomic E-state index is 13.7. The quantitative estimate of drug-likeness (QED) is 0.193. The smallest absolute Gasteiger partial charge is 0.407 e. The minimum Gasteiger partial charge on any atom is -0.494 e. The fourth-order valence-corrected chi connectivity index (χ4v) is 7.70. The molecule has 3 aliphatic rings. The Hall–Kier alpha value is -3.14. The largest absolute Gasteiger partial charge is 0.494 e. The first-order valence-electron chi connectivity index (χ1n) is 15.8. The Morgan fingerprint density at radius 2 is 1.87 bits per heavy atom. The van der Waals surface area contributed by atoms with E-state index in [0.717, 1.165) is 24.8 Å². The Kier molecular flexibility index (Phi) is 11.6. The first-order chi connectivity index (χ1) is 22.2. The fraction of sp³-hybridized carbons (Fsp3) is 0.594. The normalized spacial score (nSPS) is 22.3. The van der Waals surface area contributed by atoms with Crippen LogP contribution in [0.3, 0.4) is 0 Å². The summed E-state index contributed by atoms with van der Waals surface area (Å²) in [4.78, 5) is 13.2. The molecule has 5 N–H and O–H groups in total. The van der Waals surface area contributed by atoms with Gasteiger partial charge in [-0.2, -0.15) is 0 Å². The van der Waals surface area contributed by atoms with Gasteiger partial charge in [0.15, 0.2) is 27.6 Å². The summed E-state index contributed by atoms with van der Waals surface area (Å²) < 4.78 is 60.7. The lowest BCUT2D eigenvalue weighted by atomic mass is 10.0. The predicted molar refractivity (Wildman–Crippen MR) is 167 cm³/mol. The molecule has 0 aliphatic carbocycles. The minimum absolute atomic E-state index is 0.0288. The average Bonchev–Trinajstić information content (AvgIpc) is 3.78. The third-order valence-corrected chi connectivity index (χ3v) is 10.7. The van der Waals surface area contributed by atoms with Crippen LogP contribution in [0.15, 0.2) is 47.4 Å². The number of nitrogens with one attached hydrogen (secondary N) is 2. The number of benzene rings is 2. The molecule has 0 spiro atoms. The molecule has 2 aromatic carbocycles. The van der Waals surface area contributed by atoms with Crippen LogP contribution < -0.4 is 30.6 Å². The summed E-state index contributed by atoms with van der Waals surface area (Å²) in [6.45, 7) is 5.42. The third-order valence-electron chi connectivity index (χ3n) is 8.40. The van der Waals surface area contributed by atoms with E-state index < -0.39 is 39.6 Å². The van der Waals surface area contributed by atoms with Crippen molar-refractivity contribution in [2.24, 2.45) is 17.6 Å². The van der Waals surface area contributed by atoms with Gasteiger partial charge >= 0.3 is 6.09 Å². The molecule has 0 radical (unpaired) electrons. The van der Waals surface area contributed by atoms with Crippen LogP contribution in [0.5, 0.6) is 17.2 Å². The molecule has 0 aromatic heterocycles. The van der Waals surface area contributed by atoms with Crippen molar-refractivity contribution in [2.75, 3.05) is 39.7 Å². The summed E-state index contributed by atoms with van der Waals surface area (Å²) in [5.41, 5.74) is 6.38. The highest BCUT2D eigenvalue weighted by molar-refractivity contribution is 7.92. The monoisotopic (exact) mass is 663 g/mol. The second-order valence-electron chi connectivity index (χ2n) is 12.1. The van der Waals surface area contributed by atoms with E-state index in [0.29, 0.717) is 37.0 Å². The number of hydrogen-bond donors (Lipinski definition) is 4. The van der Waals surface area contributed by atoms with Gasteiger partial charge in [-0.05, 0) is 68.0 Å². The lowest BCUT2D eigenvalue weighted by Crippen LogP contribution is -2.52. The first kappa shape index (κ1) is 34.2. The van der Waals surface area contributed by atoms with E-state index in [2.05, 4.69) is 10.6 Å². The molecule has 3 heterocycles. The van der Waals surface area contributed by atoms with Crippen LogP contribution in [0, 0.1) is 11.8 Å². The van der Waals surface area contributed by atoms with E-state index >= 15 is 0 Å². The number of carbonyl (C=O) groups is 1. The van der Waals surface area contributed by atoms with Gasteiger partial charge in [0.2, 0.25) is 6.79 Å². The molecule has 0 saturated carbocycles. The second kappa shape index (κ2) is 15.6. The molecule has 0 bridgehead atoms. The van der Waals surface area contributed by atoms with Gasteiger partial charge in [-0.3, -0.25) is 5.32 Å². The average molecular weight is 664 g/mol. The van der Waals surface area contributed by atoms with E-state index in [1.54, 1.807) is 19.9 Å². The summed E-state index contributed by atoms with van der Waals surface area (Å²) in [5, 5.41) is 16.2. The SMILES string of the molecule is CC(C)C(NC[C@@H](O)[C@H](Cc1ccc(OCCCCN)cc1)NC(=O)O[C@H]1CO[C@H]2OCC[C@H]21)S(=O)(=O)c1ccc2c(c1)OCO2. The van der Waals surface area contributed by atoms with Gasteiger partial charge < -0.3 is 44.6 Å². The number of aliphatic hydroxyl groups excluding tert-OH is 1. The Labute approximate surface area is 269 Å². The van der Waals surface area contributed by atoms with Gasteiger partial charge in [-0.1, -0.05) is 26.0 Å². The number of rotatable bonds is 16. The summed E-state index contributed by atoms with van der Waals surface area (Å²) >= 11 is 0. The van der Waals surface area contributed by atoms with Gasteiger partial charge in [0.1, 0.15) is 17.2 Å². The van der Waals surface area contributed by atoms with Crippen LogP contribution in [0.1, 0.15) is 38.7 Å². The van der Waals surface area contributed by atoms with Crippen molar-refractivity contribution >= 4 is 15.9 Å². The Bertz CT molecular complexity index is 1410. The molecule has 1 amide bonds. The maximum Gasteiger partial charge on any atom is 0.407 e. The van der Waals surface area contributed by atoms with Crippen molar-refractivity contribution in [3.8, 4) is 17.2 Å². The van der Waals surface area contributed by atoms with E-state index in [9.17, 15) is 18.3 Å². The summed E-state index contributed by atoms with van der Waals surface area (Å²) in [6, 6.07) is 11.1. The van der Waals surface area contributed by atoms with Crippen molar-refractivity contribution in [1.82, 2.24) is 10.6 Å². The number of unbranched alkanes of at least 4 members (excludes halogenated alkanes) is 1. The van der Waals surface area contributed by atoms with E-state index in [-0.39, 0.29) is 49.4 Å². The Balaban J connectivity index is 1.26. The molecule has 1 unspecified atom stereocenters. The number of sulfone groups is 1. The lowest BCUT2D eigenvalue weighted by Gasteiger charge is -2.29. The van der Waals surface area contributed by atoms with Crippen LogP contribution in [-0.4, -0.2) is 89.2 Å². The molecule has 6 atom stereocenters. The van der Waals surface area contributed by atoms with Crippen molar-refractivity contribution in [1.29, 1.82) is 0 Å². The molecule has 2 aromatic rings. The second-order valence-corrected chi connectivity index (χ2v) is 14.2. The number of fused-ring (bicyclic) bond motifs is 2. The zero-order valence-corrected chi connectivity index (χ0v) is 27.1. The first-order valence-corrected chi connectivity index (χ1v) is 17.4. The number of carbonyl (C=O) groups excluding carboxylic acids is 1. The predicted octanol–water partition coefficient (Wildman–Crippen LogP) is 2.34. The number of amides is 1. The highest BCUT2D eigenvalue weighted by atomic mass is 32.2. The summed E-state index contributed by atoms with van der Waals surface area (Å²) in [6.07, 6.45) is 0.0120. The summed E-state index contributed by atoms with van der Waals surface area (Å²) in [5.74, 6) is 1.16. The topological polar surface area (TPSA) is 177 Å². The fourth-order valence-electron chi connectivity index (χ4n) is 5.85. The number of alkyl carbamates (subject to hydrolysis) is 1. The third kappa shape index (κ3) is 8.41. The molecule has 46 heavy (non-hydrogen) atoms. The number of ether oxygens (including phenoxy) is 6. The van der Waals surface area contributed by atoms with Crippen molar-refractivity contribution in [3.05, 3.63) is 48.0 Å². The highest BCUT2D eigenvalue weighted by Crippen LogP contribution is 2.35. The molecule has 2 fully saturated rings. The molecule has 3 aliphatic heterocycles. The number of aliphatic hydroxyl groups is 1. The Morgan fingerprint density at radius 1 is 1.09 bits per heavy atom. The van der Waals surface area contributed by atoms with E-state index in [1.807, 2.05) is 24.3 Å². The molecular weight excluding hydrogens is 618 g/mol. The van der Waals surface area contributed by atoms with Gasteiger partial charge in [0.25, 0.3) is 0 Å². The Morgan fingerprint density at radius 3 is 2.63 bits per heavy atom. The van der Waals surface area contributed by atoms with Gasteiger partial charge in [-0.25, -0.2) is 13.2 Å². The van der Waals surface area contributed by atoms with E-state index in [4.69, 9.17) is 34.2 Å². The van der Waals surface area contributed by atoms with Crippen LogP contribution in [0.2, 0.25) is 0 Å².